The molecule has 478 valence electrons. The van der Waals surface area contributed by atoms with Crippen molar-refractivity contribution in [2.24, 2.45) is 23.7 Å². The van der Waals surface area contributed by atoms with Crippen LogP contribution in [0.2, 0.25) is 0 Å². The predicted octanol–water partition coefficient (Wildman–Crippen LogP) is 5.20. The summed E-state index contributed by atoms with van der Waals surface area (Å²) in [5.41, 5.74) is 1.83. The number of benzene rings is 2. The lowest BCUT2D eigenvalue weighted by atomic mass is 9.89. The SMILES string of the molecule is CC[C@H](C)[C@@H]([C@@H](CC(=O)N1CCC[C@H]1[C@H](OC)[C@H]1O[C@@H](c2ccccc2)[C@@H](C)NC1=O)OC)N(C)C(=O)[C@H](NC(=O)[C@H](C(C)C)N(C)C(=O)OCc1ccc(NC(=O)[C@H](CCCNC=O)NC(=O)C(NC(=O)CCCCC=O)C(C)C)cc1)C(C)C. The number of methoxy groups -OCH3 is 2. The highest BCUT2D eigenvalue weighted by Crippen LogP contribution is 2.34. The summed E-state index contributed by atoms with van der Waals surface area (Å²) in [4.78, 5) is 137. The average molecular weight is 1200 g/mol. The number of morpholine rings is 1. The lowest BCUT2D eigenvalue weighted by Crippen LogP contribution is -2.61. The Morgan fingerprint density at radius 3 is 2.07 bits per heavy atom. The van der Waals surface area contributed by atoms with Gasteiger partial charge in [0.25, 0.3) is 5.91 Å². The lowest BCUT2D eigenvalue weighted by Gasteiger charge is -2.42. The molecule has 1 unspecified atom stereocenters. The van der Waals surface area contributed by atoms with Crippen molar-refractivity contribution in [1.82, 2.24) is 41.3 Å². The van der Waals surface area contributed by atoms with Crippen molar-refractivity contribution in [3.05, 3.63) is 65.7 Å². The second-order valence-electron chi connectivity index (χ2n) is 23.7. The van der Waals surface area contributed by atoms with E-state index in [1.54, 1.807) is 68.8 Å². The average Bonchev–Trinajstić information content (AvgIpc) is 4.14. The maximum atomic E-state index is 14.8. The Bertz CT molecular complexity index is 2540. The molecule has 9 amide bonds. The fraction of sp³-hybridized carbons (Fsp3) is 0.651. The normalized spacial score (nSPS) is 19.6. The van der Waals surface area contributed by atoms with Gasteiger partial charge in [-0.25, -0.2) is 4.79 Å². The zero-order chi connectivity index (χ0) is 63.8. The molecule has 0 saturated carbocycles. The summed E-state index contributed by atoms with van der Waals surface area (Å²) in [6, 6.07) is 10.6. The summed E-state index contributed by atoms with van der Waals surface area (Å²) in [6.07, 6.45) is 1.40. The van der Waals surface area contributed by atoms with Gasteiger partial charge < -0.3 is 65.4 Å². The van der Waals surface area contributed by atoms with Crippen molar-refractivity contribution in [3.63, 3.8) is 0 Å². The molecule has 0 bridgehead atoms. The van der Waals surface area contributed by atoms with Crippen molar-refractivity contribution in [2.75, 3.05) is 46.7 Å². The summed E-state index contributed by atoms with van der Waals surface area (Å²) in [5.74, 6) is -4.28. The van der Waals surface area contributed by atoms with Gasteiger partial charge in [-0.2, -0.15) is 0 Å². The van der Waals surface area contributed by atoms with Crippen molar-refractivity contribution >= 4 is 65.8 Å². The van der Waals surface area contributed by atoms with E-state index in [-0.39, 0.29) is 68.0 Å². The highest BCUT2D eigenvalue weighted by atomic mass is 16.6. The highest BCUT2D eigenvalue weighted by molar-refractivity contribution is 5.98. The summed E-state index contributed by atoms with van der Waals surface area (Å²) in [5, 5.41) is 16.9. The maximum absolute atomic E-state index is 14.8. The van der Waals surface area contributed by atoms with E-state index in [2.05, 4.69) is 31.9 Å². The third kappa shape index (κ3) is 20.3. The number of amides is 9. The monoisotopic (exact) mass is 1200 g/mol. The zero-order valence-electron chi connectivity index (χ0n) is 52.8. The molecule has 86 heavy (non-hydrogen) atoms. The molecule has 0 aromatic heterocycles. The van der Waals surface area contributed by atoms with Crippen LogP contribution >= 0.6 is 0 Å². The van der Waals surface area contributed by atoms with Crippen LogP contribution in [0.1, 0.15) is 144 Å². The first-order chi connectivity index (χ1) is 40.9. The van der Waals surface area contributed by atoms with Gasteiger partial charge in [-0.3, -0.25) is 43.3 Å². The summed E-state index contributed by atoms with van der Waals surface area (Å²) >= 11 is 0. The lowest BCUT2D eigenvalue weighted by molar-refractivity contribution is -0.173. The van der Waals surface area contributed by atoms with Crippen LogP contribution in [0.3, 0.4) is 0 Å². The second-order valence-corrected chi connectivity index (χ2v) is 23.7. The van der Waals surface area contributed by atoms with Crippen LogP contribution in [-0.4, -0.2) is 177 Å². The van der Waals surface area contributed by atoms with E-state index >= 15 is 0 Å². The minimum atomic E-state index is -1.06. The first-order valence-corrected chi connectivity index (χ1v) is 30.4. The van der Waals surface area contributed by atoms with E-state index in [1.165, 1.54) is 26.2 Å². The van der Waals surface area contributed by atoms with Gasteiger partial charge in [-0.15, -0.1) is 0 Å². The van der Waals surface area contributed by atoms with Gasteiger partial charge in [0.05, 0.1) is 30.7 Å². The van der Waals surface area contributed by atoms with Crippen LogP contribution < -0.4 is 31.9 Å². The molecule has 2 heterocycles. The van der Waals surface area contributed by atoms with Crippen LogP contribution in [0.15, 0.2) is 54.6 Å². The fourth-order valence-electron chi connectivity index (χ4n) is 11.4. The number of nitrogens with zero attached hydrogens (tertiary/aromatic N) is 3. The first-order valence-electron chi connectivity index (χ1n) is 30.4. The number of ether oxygens (including phenoxy) is 4. The van der Waals surface area contributed by atoms with Crippen LogP contribution in [0.25, 0.3) is 0 Å². The van der Waals surface area contributed by atoms with Gasteiger partial charge in [0.2, 0.25) is 41.9 Å². The number of carbonyl (C=O) groups is 10. The number of anilines is 1. The van der Waals surface area contributed by atoms with Gasteiger partial charge in [0, 0.05) is 59.9 Å². The molecule has 12 atom stereocenters. The summed E-state index contributed by atoms with van der Waals surface area (Å²) in [6.45, 7) is 17.1. The Balaban J connectivity index is 1.41. The number of nitrogens with one attached hydrogen (secondary N) is 6. The van der Waals surface area contributed by atoms with E-state index in [1.807, 2.05) is 65.0 Å². The first kappa shape index (κ1) is 71.5. The molecular formula is C63H97N9O14. The zero-order valence-corrected chi connectivity index (χ0v) is 52.8. The number of carbonyl (C=O) groups excluding carboxylic acids is 10. The number of likely N-dealkylation sites (tertiary alicyclic amines) is 1. The third-order valence-electron chi connectivity index (χ3n) is 16.3. The van der Waals surface area contributed by atoms with E-state index < -0.39 is 102 Å². The van der Waals surface area contributed by atoms with Gasteiger partial charge in [0.1, 0.15) is 49.3 Å². The van der Waals surface area contributed by atoms with Crippen LogP contribution in [0.4, 0.5) is 10.5 Å². The van der Waals surface area contributed by atoms with Gasteiger partial charge >= 0.3 is 6.09 Å². The quantitative estimate of drug-likeness (QED) is 0.0382. The smallest absolute Gasteiger partial charge is 0.410 e. The molecular weight excluding hydrogens is 1110 g/mol. The van der Waals surface area contributed by atoms with E-state index in [4.69, 9.17) is 18.9 Å². The molecule has 2 aromatic rings. The molecule has 0 aliphatic carbocycles. The van der Waals surface area contributed by atoms with Crippen LogP contribution in [0.5, 0.6) is 0 Å². The van der Waals surface area contributed by atoms with Gasteiger partial charge in [-0.1, -0.05) is 104 Å². The minimum Gasteiger partial charge on any atom is -0.445 e. The molecule has 4 rings (SSSR count). The maximum Gasteiger partial charge on any atom is 0.410 e. The van der Waals surface area contributed by atoms with Crippen molar-refractivity contribution in [1.29, 1.82) is 0 Å². The Morgan fingerprint density at radius 2 is 1.48 bits per heavy atom. The molecule has 2 fully saturated rings. The molecule has 2 aliphatic heterocycles. The van der Waals surface area contributed by atoms with Crippen molar-refractivity contribution < 1.29 is 66.9 Å². The van der Waals surface area contributed by atoms with Gasteiger partial charge in [-0.05, 0) is 92.4 Å². The van der Waals surface area contributed by atoms with Crippen LogP contribution in [0, 0.1) is 23.7 Å². The topological polar surface area (TPSA) is 290 Å². The molecule has 2 aliphatic rings. The molecule has 23 heteroatoms. The molecule has 0 spiro atoms. The number of hydrogen-bond acceptors (Lipinski definition) is 14. The molecule has 2 aromatic carbocycles. The molecule has 6 N–H and O–H groups in total. The predicted molar refractivity (Wildman–Crippen MR) is 324 cm³/mol. The third-order valence-corrected chi connectivity index (χ3v) is 16.3. The number of aldehydes is 1. The molecule has 0 radical (unpaired) electrons. The van der Waals surface area contributed by atoms with E-state index in [0.717, 1.165) is 11.8 Å². The standard InChI is InChI=1S/C63H97N9O14/c1-14-41(8)54(48(83-12)35-50(76)72-33-22-26-47(72)56(84-13)57-61(80)65-42(9)55(86-57)44-23-17-15-18-24-44)70(10)62(81)52(39(4)5)69-60(79)53(40(6)7)71(11)63(82)85-36-43-28-30-45(31-29-43)66-58(77)46(25-21-32-64-37-74)67-59(78)51(38(2)3)68-49(75)27-19-16-20-34-73/h15,17-18,23-24,28-31,34,37-42,46-48,51-57H,14,16,19-22,25-27,32-33,35-36H2,1-13H3,(H,64,74)(H,65,80)(H,66,77)(H,67,78)(H,68,75)(H,69,79)/t41-,42+,46-,47-,48+,51?,52+,53-,54-,55+,56-,57+/m0/s1. The Morgan fingerprint density at radius 1 is 0.802 bits per heavy atom. The molecule has 2 saturated heterocycles. The van der Waals surface area contributed by atoms with Crippen molar-refractivity contribution in [2.45, 2.75) is 200 Å². The largest absolute Gasteiger partial charge is 0.445 e. The Kier molecular flexibility index (Phi) is 29.6. The van der Waals surface area contributed by atoms with Gasteiger partial charge in [0.15, 0.2) is 6.10 Å². The Hall–Kier alpha value is -6.98. The number of likely N-dealkylation sites (N-methyl/N-ethyl adjacent to an activating group) is 2. The summed E-state index contributed by atoms with van der Waals surface area (Å²) in [7, 11) is 6.12. The van der Waals surface area contributed by atoms with Crippen molar-refractivity contribution in [3.8, 4) is 0 Å². The highest BCUT2D eigenvalue weighted by Gasteiger charge is 2.48. The van der Waals surface area contributed by atoms with E-state index in [9.17, 15) is 47.9 Å². The van der Waals surface area contributed by atoms with E-state index in [0.29, 0.717) is 69.2 Å². The fourth-order valence-corrected chi connectivity index (χ4v) is 11.4. The number of rotatable bonds is 35. The van der Waals surface area contributed by atoms with Crippen LogP contribution in [-0.2, 0) is 68.7 Å². The molecule has 23 nitrogen and oxygen atoms in total. The Labute approximate surface area is 508 Å². The second kappa shape index (κ2) is 35.6. The number of unbranched alkanes of at least 4 members (excludes halogenated alkanes) is 2. The summed E-state index contributed by atoms with van der Waals surface area (Å²) < 4.78 is 24.3. The minimum absolute atomic E-state index is 0.0831. The number of hydrogen-bond donors (Lipinski definition) is 6.